The number of benzene rings is 1. The molecule has 4 nitrogen and oxygen atoms in total. The van der Waals surface area contributed by atoms with Gasteiger partial charge in [-0.3, -0.25) is 0 Å². The molecular weight excluding hydrogens is 306 g/mol. The van der Waals surface area contributed by atoms with Crippen LogP contribution in [0.25, 0.3) is 0 Å². The second-order valence-electron chi connectivity index (χ2n) is 4.76. The smallest absolute Gasteiger partial charge is 0.192 e. The highest BCUT2D eigenvalue weighted by molar-refractivity contribution is 7.99. The average Bonchev–Trinajstić information content (AvgIpc) is 3.24. The van der Waals surface area contributed by atoms with E-state index in [2.05, 4.69) is 22.0 Å². The van der Waals surface area contributed by atoms with Gasteiger partial charge in [0.1, 0.15) is 6.61 Å². The summed E-state index contributed by atoms with van der Waals surface area (Å²) in [4.78, 5) is 0. The first-order chi connectivity index (χ1) is 10.3. The number of aromatic nitrogens is 3. The number of halogens is 1. The van der Waals surface area contributed by atoms with Crippen molar-refractivity contribution in [2.75, 3.05) is 5.75 Å². The molecule has 0 radical (unpaired) electrons. The molecule has 1 N–H and O–H groups in total. The molecule has 6 heteroatoms. The van der Waals surface area contributed by atoms with Gasteiger partial charge in [0, 0.05) is 16.6 Å². The first-order valence-electron chi connectivity index (χ1n) is 6.70. The second kappa shape index (κ2) is 6.52. The molecule has 1 aromatic heterocycles. The summed E-state index contributed by atoms with van der Waals surface area (Å²) in [7, 11) is 0. The third-order valence-electron chi connectivity index (χ3n) is 3.12. The van der Waals surface area contributed by atoms with Crippen molar-refractivity contribution in [3.05, 3.63) is 40.7 Å². The van der Waals surface area contributed by atoms with Gasteiger partial charge in [0.2, 0.25) is 0 Å². The van der Waals surface area contributed by atoms with Crippen LogP contribution in [0.1, 0.15) is 30.3 Å². The largest absolute Gasteiger partial charge is 0.388 e. The minimum Gasteiger partial charge on any atom is -0.388 e. The van der Waals surface area contributed by atoms with Crippen LogP contribution in [0, 0.1) is 11.8 Å². The van der Waals surface area contributed by atoms with Gasteiger partial charge in [-0.25, -0.2) is 0 Å². The molecule has 0 amide bonds. The molecule has 0 bridgehead atoms. The zero-order valence-electron chi connectivity index (χ0n) is 11.3. The molecular formula is C15H14ClN3OS. The highest BCUT2D eigenvalue weighted by Gasteiger charge is 2.29. The summed E-state index contributed by atoms with van der Waals surface area (Å²) in [6, 6.07) is 7.94. The standard InChI is InChI=1S/C15H14ClN3OS/c16-12-5-1-3-11(9-12)4-2-8-21-15-18-17-14(10-20)19(15)13-6-7-13/h1,3,5,9,13,20H,6-8,10H2. The van der Waals surface area contributed by atoms with Crippen LogP contribution in [-0.2, 0) is 6.61 Å². The van der Waals surface area contributed by atoms with Crippen LogP contribution < -0.4 is 0 Å². The zero-order chi connectivity index (χ0) is 14.7. The fourth-order valence-electron chi connectivity index (χ4n) is 2.02. The summed E-state index contributed by atoms with van der Waals surface area (Å²) in [6.07, 6.45) is 2.26. The van der Waals surface area contributed by atoms with Crippen molar-refractivity contribution in [2.45, 2.75) is 30.6 Å². The molecule has 1 heterocycles. The maximum Gasteiger partial charge on any atom is 0.192 e. The average molecular weight is 320 g/mol. The van der Waals surface area contributed by atoms with Gasteiger partial charge in [-0.1, -0.05) is 41.3 Å². The number of hydrogen-bond donors (Lipinski definition) is 1. The Bertz CT molecular complexity index is 700. The Morgan fingerprint density at radius 1 is 1.38 bits per heavy atom. The Morgan fingerprint density at radius 2 is 2.24 bits per heavy atom. The van der Waals surface area contributed by atoms with Crippen molar-refractivity contribution in [1.29, 1.82) is 0 Å². The predicted octanol–water partition coefficient (Wildman–Crippen LogP) is 2.90. The van der Waals surface area contributed by atoms with Crippen LogP contribution in [0.15, 0.2) is 29.4 Å². The number of aliphatic hydroxyl groups excluding tert-OH is 1. The Labute approximate surface area is 132 Å². The Balaban J connectivity index is 1.65. The molecule has 0 unspecified atom stereocenters. The van der Waals surface area contributed by atoms with Crippen molar-refractivity contribution < 1.29 is 5.11 Å². The fourth-order valence-corrected chi connectivity index (χ4v) is 2.97. The van der Waals surface area contributed by atoms with Crippen LogP contribution in [0.5, 0.6) is 0 Å². The van der Waals surface area contributed by atoms with Gasteiger partial charge in [-0.15, -0.1) is 10.2 Å². The van der Waals surface area contributed by atoms with Crippen LogP contribution in [0.2, 0.25) is 5.02 Å². The highest BCUT2D eigenvalue weighted by atomic mass is 35.5. The third kappa shape index (κ3) is 3.59. The molecule has 0 spiro atoms. The molecule has 2 aromatic rings. The van der Waals surface area contributed by atoms with Gasteiger partial charge in [0.05, 0.1) is 5.75 Å². The van der Waals surface area contributed by atoms with Gasteiger partial charge in [-0.05, 0) is 31.0 Å². The highest BCUT2D eigenvalue weighted by Crippen LogP contribution is 2.38. The molecule has 0 saturated heterocycles. The molecule has 1 fully saturated rings. The van der Waals surface area contributed by atoms with E-state index in [0.717, 1.165) is 23.6 Å². The van der Waals surface area contributed by atoms with Crippen molar-refractivity contribution >= 4 is 23.4 Å². The summed E-state index contributed by atoms with van der Waals surface area (Å²) in [5.41, 5.74) is 0.905. The quantitative estimate of drug-likeness (QED) is 0.695. The number of thioether (sulfide) groups is 1. The van der Waals surface area contributed by atoms with Gasteiger partial charge in [-0.2, -0.15) is 0 Å². The Morgan fingerprint density at radius 3 is 2.95 bits per heavy atom. The SMILES string of the molecule is OCc1nnc(SCC#Cc2cccc(Cl)c2)n1C1CC1. The van der Waals surface area contributed by atoms with E-state index in [1.807, 2.05) is 28.8 Å². The summed E-state index contributed by atoms with van der Waals surface area (Å²) in [5, 5.41) is 19.0. The number of aliphatic hydroxyl groups is 1. The lowest BCUT2D eigenvalue weighted by Crippen LogP contribution is -2.02. The summed E-state index contributed by atoms with van der Waals surface area (Å²) >= 11 is 7.46. The van der Waals surface area contributed by atoms with E-state index in [1.54, 1.807) is 11.8 Å². The van der Waals surface area contributed by atoms with Gasteiger partial charge in [0.15, 0.2) is 11.0 Å². The molecule has 3 rings (SSSR count). The van der Waals surface area contributed by atoms with E-state index in [0.29, 0.717) is 22.6 Å². The number of hydrogen-bond acceptors (Lipinski definition) is 4. The maximum absolute atomic E-state index is 9.28. The minimum atomic E-state index is -0.0712. The lowest BCUT2D eigenvalue weighted by Gasteiger charge is -2.05. The van der Waals surface area contributed by atoms with E-state index in [1.165, 1.54) is 0 Å². The molecule has 21 heavy (non-hydrogen) atoms. The molecule has 1 aliphatic carbocycles. The van der Waals surface area contributed by atoms with Crippen LogP contribution >= 0.6 is 23.4 Å². The lowest BCUT2D eigenvalue weighted by atomic mass is 10.2. The zero-order valence-corrected chi connectivity index (χ0v) is 12.9. The first kappa shape index (κ1) is 14.5. The lowest BCUT2D eigenvalue weighted by molar-refractivity contribution is 0.263. The van der Waals surface area contributed by atoms with E-state index < -0.39 is 0 Å². The first-order valence-corrected chi connectivity index (χ1v) is 8.06. The van der Waals surface area contributed by atoms with Crippen LogP contribution in [-0.4, -0.2) is 25.6 Å². The Kier molecular flexibility index (Phi) is 4.49. The summed E-state index contributed by atoms with van der Waals surface area (Å²) < 4.78 is 2.03. The minimum absolute atomic E-state index is 0.0712. The summed E-state index contributed by atoms with van der Waals surface area (Å²) in [6.45, 7) is -0.0712. The van der Waals surface area contributed by atoms with Crippen LogP contribution in [0.3, 0.4) is 0 Å². The predicted molar refractivity (Wildman–Crippen MR) is 83.3 cm³/mol. The summed E-state index contributed by atoms with van der Waals surface area (Å²) in [5.74, 6) is 7.45. The van der Waals surface area contributed by atoms with Gasteiger partial charge in [0.25, 0.3) is 0 Å². The van der Waals surface area contributed by atoms with Crippen molar-refractivity contribution in [2.24, 2.45) is 0 Å². The topological polar surface area (TPSA) is 50.9 Å². The van der Waals surface area contributed by atoms with E-state index >= 15 is 0 Å². The van der Waals surface area contributed by atoms with Crippen molar-refractivity contribution in [3.8, 4) is 11.8 Å². The van der Waals surface area contributed by atoms with Crippen molar-refractivity contribution in [1.82, 2.24) is 14.8 Å². The number of rotatable bonds is 4. The number of nitrogens with zero attached hydrogens (tertiary/aromatic N) is 3. The van der Waals surface area contributed by atoms with Gasteiger partial charge < -0.3 is 9.67 Å². The normalized spacial score (nSPS) is 13.8. The fraction of sp³-hybridized carbons (Fsp3) is 0.333. The molecule has 1 aromatic carbocycles. The molecule has 108 valence electrons. The van der Waals surface area contributed by atoms with Gasteiger partial charge >= 0.3 is 0 Å². The van der Waals surface area contributed by atoms with Crippen molar-refractivity contribution in [3.63, 3.8) is 0 Å². The third-order valence-corrected chi connectivity index (χ3v) is 4.18. The Hall–Kier alpha value is -1.48. The maximum atomic E-state index is 9.28. The molecule has 1 saturated carbocycles. The van der Waals surface area contributed by atoms with Crippen LogP contribution in [0.4, 0.5) is 0 Å². The second-order valence-corrected chi connectivity index (χ2v) is 6.14. The molecule has 1 aliphatic rings. The van der Waals surface area contributed by atoms with E-state index in [9.17, 15) is 5.11 Å². The van der Waals surface area contributed by atoms with E-state index in [4.69, 9.17) is 11.6 Å². The van der Waals surface area contributed by atoms with E-state index in [-0.39, 0.29) is 6.61 Å². The molecule has 0 aliphatic heterocycles. The molecule has 0 atom stereocenters. The monoisotopic (exact) mass is 319 g/mol.